The monoisotopic (exact) mass is 509 g/mol. The number of carbonyl (C=O) groups excluding carboxylic acids is 1. The maximum atomic E-state index is 13.5. The summed E-state index contributed by atoms with van der Waals surface area (Å²) in [6, 6.07) is 16.3. The molecule has 0 saturated heterocycles. The molecule has 38 heavy (non-hydrogen) atoms. The molecule has 1 aliphatic carbocycles. The number of anilines is 1. The molecule has 1 aliphatic heterocycles. The van der Waals surface area contributed by atoms with E-state index in [9.17, 15) is 4.79 Å². The Labute approximate surface area is 224 Å². The second kappa shape index (κ2) is 9.50. The first-order valence-electron chi connectivity index (χ1n) is 13.7. The highest BCUT2D eigenvalue weighted by Gasteiger charge is 2.54. The number of ether oxygens (including phenoxy) is 2. The highest BCUT2D eigenvalue weighted by atomic mass is 16.6. The molecule has 0 radical (unpaired) electrons. The molecule has 6 nitrogen and oxygen atoms in total. The number of esters is 1. The van der Waals surface area contributed by atoms with Crippen molar-refractivity contribution in [3.05, 3.63) is 88.4 Å². The minimum atomic E-state index is -1.25. The number of hydrogen-bond acceptors (Lipinski definition) is 5. The van der Waals surface area contributed by atoms with Gasteiger partial charge >= 0.3 is 5.97 Å². The number of para-hydroxylation sites is 1. The van der Waals surface area contributed by atoms with Crippen molar-refractivity contribution in [2.24, 2.45) is 0 Å². The lowest BCUT2D eigenvalue weighted by Gasteiger charge is -2.33. The molecule has 196 valence electrons. The topological polar surface area (TPSA) is 65.4 Å². The van der Waals surface area contributed by atoms with Gasteiger partial charge in [0.05, 0.1) is 23.9 Å². The molecule has 2 aromatic carbocycles. The summed E-state index contributed by atoms with van der Waals surface area (Å²) in [5.74, 6) is 0.810. The van der Waals surface area contributed by atoms with Crippen molar-refractivity contribution in [2.75, 3.05) is 19.5 Å². The Morgan fingerprint density at radius 3 is 2.63 bits per heavy atom. The van der Waals surface area contributed by atoms with Crippen molar-refractivity contribution in [2.45, 2.75) is 64.0 Å². The molecule has 4 aromatic rings. The van der Waals surface area contributed by atoms with Gasteiger partial charge in [0.25, 0.3) is 0 Å². The number of fused-ring (bicyclic) bond motifs is 2. The molecule has 3 heterocycles. The van der Waals surface area contributed by atoms with E-state index in [1.54, 1.807) is 19.4 Å². The van der Waals surface area contributed by atoms with Crippen molar-refractivity contribution in [1.29, 1.82) is 0 Å². The van der Waals surface area contributed by atoms with Gasteiger partial charge in [0.2, 0.25) is 5.60 Å². The molecule has 1 fully saturated rings. The third kappa shape index (κ3) is 3.39. The molecule has 1 atom stereocenters. The van der Waals surface area contributed by atoms with Gasteiger partial charge in [0, 0.05) is 41.9 Å². The summed E-state index contributed by atoms with van der Waals surface area (Å²) in [6.07, 6.45) is 7.86. The SMILES string of the molecule is CCn1c(C)c(C2(c3ccc(C4CCCCC4)c(NC)c3OC)OC(=O)c3cccnc32)c2ccccc21. The first kappa shape index (κ1) is 24.5. The maximum Gasteiger partial charge on any atom is 0.341 e. The van der Waals surface area contributed by atoms with Crippen molar-refractivity contribution in [3.8, 4) is 5.75 Å². The van der Waals surface area contributed by atoms with E-state index in [-0.39, 0.29) is 5.97 Å². The minimum Gasteiger partial charge on any atom is -0.494 e. The molecular weight excluding hydrogens is 474 g/mol. The molecule has 2 aromatic heterocycles. The van der Waals surface area contributed by atoms with Gasteiger partial charge in [-0.25, -0.2) is 4.79 Å². The normalized spacial score (nSPS) is 19.4. The van der Waals surface area contributed by atoms with Gasteiger partial charge in [0.1, 0.15) is 11.4 Å². The molecule has 1 unspecified atom stereocenters. The van der Waals surface area contributed by atoms with Crippen LogP contribution in [0.2, 0.25) is 0 Å². The molecule has 1 N–H and O–H groups in total. The third-order valence-corrected chi connectivity index (χ3v) is 8.57. The molecule has 0 spiro atoms. The average Bonchev–Trinajstić information content (AvgIpc) is 3.43. The number of aromatic nitrogens is 2. The lowest BCUT2D eigenvalue weighted by atomic mass is 9.78. The number of methoxy groups -OCH3 is 1. The van der Waals surface area contributed by atoms with Crippen LogP contribution in [0.25, 0.3) is 10.9 Å². The second-order valence-electron chi connectivity index (χ2n) is 10.4. The Morgan fingerprint density at radius 1 is 1.11 bits per heavy atom. The van der Waals surface area contributed by atoms with E-state index in [1.807, 2.05) is 19.2 Å². The summed E-state index contributed by atoms with van der Waals surface area (Å²) >= 11 is 0. The average molecular weight is 510 g/mol. The zero-order valence-electron chi connectivity index (χ0n) is 22.6. The Morgan fingerprint density at radius 2 is 1.89 bits per heavy atom. The number of aryl methyl sites for hydroxylation is 1. The third-order valence-electron chi connectivity index (χ3n) is 8.57. The van der Waals surface area contributed by atoms with Crippen LogP contribution in [0.1, 0.15) is 83.4 Å². The van der Waals surface area contributed by atoms with Crippen molar-refractivity contribution in [1.82, 2.24) is 9.55 Å². The summed E-state index contributed by atoms with van der Waals surface area (Å²) in [6.45, 7) is 5.05. The van der Waals surface area contributed by atoms with Crippen molar-refractivity contribution < 1.29 is 14.3 Å². The van der Waals surface area contributed by atoms with E-state index in [4.69, 9.17) is 14.5 Å². The van der Waals surface area contributed by atoms with Crippen molar-refractivity contribution in [3.63, 3.8) is 0 Å². The molecule has 6 heteroatoms. The van der Waals surface area contributed by atoms with Crippen LogP contribution in [0.4, 0.5) is 5.69 Å². The van der Waals surface area contributed by atoms with Crippen LogP contribution in [0, 0.1) is 6.92 Å². The first-order valence-corrected chi connectivity index (χ1v) is 13.7. The molecule has 0 bridgehead atoms. The molecular formula is C32H35N3O3. The Kier molecular flexibility index (Phi) is 6.13. The Balaban J connectivity index is 1.72. The van der Waals surface area contributed by atoms with E-state index in [2.05, 4.69) is 54.1 Å². The van der Waals surface area contributed by atoms with Crippen LogP contribution < -0.4 is 10.1 Å². The van der Waals surface area contributed by atoms with Crippen LogP contribution in [0.5, 0.6) is 5.75 Å². The number of carbonyl (C=O) groups is 1. The predicted molar refractivity (Wildman–Crippen MR) is 150 cm³/mol. The number of benzene rings is 2. The maximum absolute atomic E-state index is 13.5. The van der Waals surface area contributed by atoms with E-state index >= 15 is 0 Å². The second-order valence-corrected chi connectivity index (χ2v) is 10.4. The number of hydrogen-bond donors (Lipinski definition) is 1. The fourth-order valence-electron chi connectivity index (χ4n) is 6.96. The van der Waals surface area contributed by atoms with E-state index in [0.717, 1.165) is 40.0 Å². The van der Waals surface area contributed by atoms with E-state index in [0.29, 0.717) is 22.9 Å². The highest BCUT2D eigenvalue weighted by Crippen LogP contribution is 2.55. The summed E-state index contributed by atoms with van der Waals surface area (Å²) < 4.78 is 15.0. The molecule has 6 rings (SSSR count). The zero-order valence-corrected chi connectivity index (χ0v) is 22.6. The Bertz CT molecular complexity index is 1530. The quantitative estimate of drug-likeness (QED) is 0.286. The first-order chi connectivity index (χ1) is 18.6. The van der Waals surface area contributed by atoms with Crippen LogP contribution in [-0.4, -0.2) is 29.7 Å². The van der Waals surface area contributed by atoms with Gasteiger partial charge < -0.3 is 19.4 Å². The van der Waals surface area contributed by atoms with Crippen LogP contribution in [-0.2, 0) is 16.9 Å². The van der Waals surface area contributed by atoms with Gasteiger partial charge in [-0.05, 0) is 56.4 Å². The van der Waals surface area contributed by atoms with E-state index in [1.165, 1.54) is 37.7 Å². The standard InChI is InChI=1S/C32H35N3O3/c1-5-35-20(2)27(23-14-9-10-16-26(23)35)32(30-24(31(36)38-32)15-11-19-34-30)25-18-17-22(21-12-7-6-8-13-21)28(33-3)29(25)37-4/h9-11,14-19,21,33H,5-8,12-13H2,1-4H3. The smallest absolute Gasteiger partial charge is 0.341 e. The molecule has 1 saturated carbocycles. The van der Waals surface area contributed by atoms with Gasteiger partial charge in [-0.1, -0.05) is 49.6 Å². The van der Waals surface area contributed by atoms with Crippen LogP contribution in [0.3, 0.4) is 0 Å². The van der Waals surface area contributed by atoms with Crippen molar-refractivity contribution >= 4 is 22.6 Å². The largest absolute Gasteiger partial charge is 0.494 e. The summed E-state index contributed by atoms with van der Waals surface area (Å²) in [5, 5.41) is 4.50. The number of pyridine rings is 1. The van der Waals surface area contributed by atoms with Crippen LogP contribution in [0.15, 0.2) is 54.7 Å². The van der Waals surface area contributed by atoms with Gasteiger partial charge in [-0.15, -0.1) is 0 Å². The predicted octanol–water partition coefficient (Wildman–Crippen LogP) is 6.92. The summed E-state index contributed by atoms with van der Waals surface area (Å²) in [7, 11) is 3.65. The number of cyclic esters (lactones) is 1. The number of rotatable bonds is 6. The summed E-state index contributed by atoms with van der Waals surface area (Å²) in [4.78, 5) is 18.3. The van der Waals surface area contributed by atoms with Gasteiger partial charge in [-0.3, -0.25) is 4.98 Å². The minimum absolute atomic E-state index is 0.370. The molecule has 2 aliphatic rings. The zero-order chi connectivity index (χ0) is 26.4. The Hall–Kier alpha value is -3.80. The fraction of sp³-hybridized carbons (Fsp3) is 0.375. The highest BCUT2D eigenvalue weighted by molar-refractivity contribution is 5.98. The lowest BCUT2D eigenvalue weighted by molar-refractivity contribution is 0.0239. The fourth-order valence-corrected chi connectivity index (χ4v) is 6.96. The number of nitrogens with one attached hydrogen (secondary N) is 1. The molecule has 0 amide bonds. The number of nitrogens with zero attached hydrogens (tertiary/aromatic N) is 2. The van der Waals surface area contributed by atoms with Crippen LogP contribution >= 0.6 is 0 Å². The van der Waals surface area contributed by atoms with Gasteiger partial charge in [0.15, 0.2) is 0 Å². The lowest BCUT2D eigenvalue weighted by Crippen LogP contribution is -2.32. The van der Waals surface area contributed by atoms with Gasteiger partial charge in [-0.2, -0.15) is 0 Å². The summed E-state index contributed by atoms with van der Waals surface area (Å²) in [5.41, 5.74) is 5.96. The van der Waals surface area contributed by atoms with E-state index < -0.39 is 5.60 Å².